The number of hydrogen-bond acceptors (Lipinski definition) is 3. The van der Waals surface area contributed by atoms with Crippen molar-refractivity contribution in [3.8, 4) is 17.9 Å². The summed E-state index contributed by atoms with van der Waals surface area (Å²) in [6.45, 7) is -0.00229. The smallest absolute Gasteiger partial charge is 0.138 e. The van der Waals surface area contributed by atoms with Crippen molar-refractivity contribution in [3.63, 3.8) is 0 Å². The Morgan fingerprint density at radius 1 is 1.09 bits per heavy atom. The number of rotatable bonds is 2. The fourth-order valence-electron chi connectivity index (χ4n) is 2.75. The lowest BCUT2D eigenvalue weighted by Crippen LogP contribution is -2.60. The Morgan fingerprint density at radius 3 is 2.48 bits per heavy atom. The van der Waals surface area contributed by atoms with E-state index in [0.29, 0.717) is 5.56 Å². The molecule has 0 unspecified atom stereocenters. The van der Waals surface area contributed by atoms with Gasteiger partial charge in [-0.05, 0) is 29.8 Å². The third kappa shape index (κ3) is 3.10. The van der Waals surface area contributed by atoms with Crippen LogP contribution in [0.25, 0.3) is 0 Å². The molecule has 1 saturated heterocycles. The third-order valence-corrected chi connectivity index (χ3v) is 4.03. The van der Waals surface area contributed by atoms with E-state index in [9.17, 15) is 9.50 Å². The molecule has 3 rings (SSSR count). The maximum atomic E-state index is 13.5. The first-order chi connectivity index (χ1) is 11.2. The zero-order chi connectivity index (χ0) is 16.2. The summed E-state index contributed by atoms with van der Waals surface area (Å²) in [4.78, 5) is 0. The molecule has 1 aliphatic heterocycles. The molecule has 0 saturated carbocycles. The van der Waals surface area contributed by atoms with Gasteiger partial charge in [0.2, 0.25) is 0 Å². The first-order valence-corrected chi connectivity index (χ1v) is 7.36. The van der Waals surface area contributed by atoms with E-state index in [-0.39, 0.29) is 30.4 Å². The molecule has 2 N–H and O–H groups in total. The highest BCUT2D eigenvalue weighted by Crippen LogP contribution is 2.31. The topological polar surface area (TPSA) is 56.0 Å². The van der Waals surface area contributed by atoms with E-state index in [1.165, 1.54) is 6.07 Å². The lowest BCUT2D eigenvalue weighted by molar-refractivity contribution is 0.151. The molecule has 0 spiro atoms. The van der Waals surface area contributed by atoms with Crippen LogP contribution in [0.15, 0.2) is 48.5 Å². The average molecular weight is 306 g/mol. The molecular formula is C19H15FN2O. The van der Waals surface area contributed by atoms with Crippen molar-refractivity contribution in [1.82, 2.24) is 5.32 Å². The summed E-state index contributed by atoms with van der Waals surface area (Å²) in [7, 11) is 0. The molecule has 0 radical (unpaired) electrons. The molecule has 23 heavy (non-hydrogen) atoms. The second-order valence-electron chi connectivity index (χ2n) is 5.44. The summed E-state index contributed by atoms with van der Waals surface area (Å²) < 4.78 is 13.5. The Morgan fingerprint density at radius 2 is 1.83 bits per heavy atom. The van der Waals surface area contributed by atoms with Gasteiger partial charge in [-0.3, -0.25) is 5.32 Å². The molecule has 1 fully saturated rings. The molecule has 2 aromatic rings. The number of aliphatic hydroxyl groups is 1. The number of benzene rings is 2. The van der Waals surface area contributed by atoms with Crippen molar-refractivity contribution >= 4 is 0 Å². The van der Waals surface area contributed by atoms with Crippen molar-refractivity contribution < 1.29 is 9.50 Å². The van der Waals surface area contributed by atoms with Gasteiger partial charge in [-0.2, -0.15) is 5.26 Å². The van der Waals surface area contributed by atoms with Crippen LogP contribution in [-0.2, 0) is 0 Å². The first kappa shape index (κ1) is 15.2. The van der Waals surface area contributed by atoms with Crippen molar-refractivity contribution in [3.05, 3.63) is 71.0 Å². The molecule has 0 aliphatic carbocycles. The molecule has 1 aliphatic rings. The Kier molecular flexibility index (Phi) is 4.39. The van der Waals surface area contributed by atoms with Crippen LogP contribution in [-0.4, -0.2) is 23.8 Å². The van der Waals surface area contributed by atoms with Crippen molar-refractivity contribution in [1.29, 1.82) is 5.26 Å². The number of halogens is 1. The Hall–Kier alpha value is -2.66. The predicted molar refractivity (Wildman–Crippen MR) is 85.0 cm³/mol. The summed E-state index contributed by atoms with van der Waals surface area (Å²) in [5.74, 6) is 5.40. The Bertz CT molecular complexity index is 799. The van der Waals surface area contributed by atoms with Gasteiger partial charge in [-0.25, -0.2) is 4.39 Å². The lowest BCUT2D eigenvalue weighted by Gasteiger charge is -2.41. The largest absolute Gasteiger partial charge is 0.395 e. The van der Waals surface area contributed by atoms with Crippen LogP contribution in [0.5, 0.6) is 0 Å². The van der Waals surface area contributed by atoms with E-state index in [2.05, 4.69) is 23.2 Å². The molecule has 0 amide bonds. The van der Waals surface area contributed by atoms with Crippen LogP contribution in [0.2, 0.25) is 0 Å². The van der Waals surface area contributed by atoms with Crippen LogP contribution in [0, 0.1) is 29.0 Å². The highest BCUT2D eigenvalue weighted by atomic mass is 19.1. The number of nitrogens with zero attached hydrogens (tertiary/aromatic N) is 1. The Labute approximate surface area is 134 Å². The SMILES string of the molecule is N#C[C@@H]1N[C@H](CO)[C@@H]1c1ccc(C#Cc2ccccc2F)cc1. The third-order valence-electron chi connectivity index (χ3n) is 4.03. The van der Waals surface area contributed by atoms with Gasteiger partial charge in [0.05, 0.1) is 18.2 Å². The van der Waals surface area contributed by atoms with Crippen molar-refractivity contribution in [2.45, 2.75) is 18.0 Å². The number of hydrogen-bond donors (Lipinski definition) is 2. The zero-order valence-electron chi connectivity index (χ0n) is 12.3. The van der Waals surface area contributed by atoms with Crippen LogP contribution in [0.1, 0.15) is 22.6 Å². The van der Waals surface area contributed by atoms with Gasteiger partial charge >= 0.3 is 0 Å². The van der Waals surface area contributed by atoms with Crippen molar-refractivity contribution in [2.24, 2.45) is 0 Å². The van der Waals surface area contributed by atoms with Crippen LogP contribution in [0.3, 0.4) is 0 Å². The van der Waals surface area contributed by atoms with E-state index >= 15 is 0 Å². The minimum atomic E-state index is -0.334. The van der Waals surface area contributed by atoms with Gasteiger partial charge < -0.3 is 5.11 Å². The van der Waals surface area contributed by atoms with Gasteiger partial charge in [-0.1, -0.05) is 36.1 Å². The standard InChI is InChI=1S/C19H15FN2O/c20-16-4-2-1-3-14(16)8-5-13-6-9-15(10-7-13)19-17(11-21)22-18(19)12-23/h1-4,6-7,9-10,17-19,22-23H,12H2/t17-,18+,19+/m0/s1. The lowest BCUT2D eigenvalue weighted by atomic mass is 9.78. The summed E-state index contributed by atoms with van der Waals surface area (Å²) in [5, 5.41) is 21.4. The van der Waals surface area contributed by atoms with E-state index in [1.807, 2.05) is 24.3 Å². The van der Waals surface area contributed by atoms with E-state index in [1.54, 1.807) is 18.2 Å². The molecule has 1 heterocycles. The van der Waals surface area contributed by atoms with Gasteiger partial charge in [0.25, 0.3) is 0 Å². The second kappa shape index (κ2) is 6.62. The minimum Gasteiger partial charge on any atom is -0.395 e. The molecular weight excluding hydrogens is 291 g/mol. The van der Waals surface area contributed by atoms with Crippen LogP contribution in [0.4, 0.5) is 4.39 Å². The van der Waals surface area contributed by atoms with Gasteiger partial charge in [-0.15, -0.1) is 0 Å². The quantitative estimate of drug-likeness (QED) is 0.836. The first-order valence-electron chi connectivity index (χ1n) is 7.36. The summed E-state index contributed by atoms with van der Waals surface area (Å²) in [5.41, 5.74) is 2.13. The maximum Gasteiger partial charge on any atom is 0.138 e. The highest BCUT2D eigenvalue weighted by molar-refractivity contribution is 5.45. The van der Waals surface area contributed by atoms with E-state index < -0.39 is 0 Å². The van der Waals surface area contributed by atoms with Gasteiger partial charge in [0.15, 0.2) is 0 Å². The zero-order valence-corrected chi connectivity index (χ0v) is 12.3. The summed E-state index contributed by atoms with van der Waals surface area (Å²) in [6.07, 6.45) is 0. The Balaban J connectivity index is 1.78. The number of nitrogens with one attached hydrogen (secondary N) is 1. The molecule has 3 nitrogen and oxygen atoms in total. The monoisotopic (exact) mass is 306 g/mol. The summed E-state index contributed by atoms with van der Waals surface area (Å²) in [6, 6.07) is 15.7. The molecule has 4 heteroatoms. The van der Waals surface area contributed by atoms with Gasteiger partial charge in [0.1, 0.15) is 11.9 Å². The fraction of sp³-hybridized carbons (Fsp3) is 0.211. The van der Waals surface area contributed by atoms with Crippen LogP contribution >= 0.6 is 0 Å². The molecule has 2 aromatic carbocycles. The number of nitriles is 1. The summed E-state index contributed by atoms with van der Waals surface area (Å²) >= 11 is 0. The maximum absolute atomic E-state index is 13.5. The van der Waals surface area contributed by atoms with Crippen molar-refractivity contribution in [2.75, 3.05) is 6.61 Å². The normalized spacial score (nSPS) is 22.4. The molecule has 114 valence electrons. The fourth-order valence-corrected chi connectivity index (χ4v) is 2.75. The minimum absolute atomic E-state index is 0.00229. The van der Waals surface area contributed by atoms with Crippen LogP contribution < -0.4 is 5.32 Å². The average Bonchev–Trinajstić information content (AvgIpc) is 2.55. The molecule has 0 aromatic heterocycles. The van der Waals surface area contributed by atoms with E-state index in [4.69, 9.17) is 5.26 Å². The van der Waals surface area contributed by atoms with E-state index in [0.717, 1.165) is 11.1 Å². The molecule has 0 bridgehead atoms. The second-order valence-corrected chi connectivity index (χ2v) is 5.44. The number of aliphatic hydroxyl groups excluding tert-OH is 1. The predicted octanol–water partition coefficient (Wildman–Crippen LogP) is 2.17. The highest BCUT2D eigenvalue weighted by Gasteiger charge is 2.40. The molecule has 3 atom stereocenters. The van der Waals surface area contributed by atoms with Gasteiger partial charge in [0, 0.05) is 17.5 Å².